The highest BCUT2D eigenvalue weighted by atomic mass is 16.1. The number of fused-ring (bicyclic) bond motifs is 1. The minimum Gasteiger partial charge on any atom is -0.310 e. The van der Waals surface area contributed by atoms with Crippen molar-refractivity contribution in [2.75, 3.05) is 0 Å². The molecule has 3 heteroatoms. The first kappa shape index (κ1) is 10.3. The van der Waals surface area contributed by atoms with Crippen molar-refractivity contribution in [1.29, 1.82) is 0 Å². The number of hydrogen-bond acceptors (Lipinski definition) is 2. The van der Waals surface area contributed by atoms with E-state index in [2.05, 4.69) is 22.1 Å². The van der Waals surface area contributed by atoms with Crippen LogP contribution in [0.4, 0.5) is 0 Å². The number of H-pyrrole nitrogens is 1. The van der Waals surface area contributed by atoms with E-state index >= 15 is 0 Å². The van der Waals surface area contributed by atoms with Gasteiger partial charge in [-0.3, -0.25) is 4.79 Å². The molecule has 1 atom stereocenters. The second-order valence-electron chi connectivity index (χ2n) is 4.45. The van der Waals surface area contributed by atoms with Gasteiger partial charge in [0.15, 0.2) is 0 Å². The third-order valence-electron chi connectivity index (χ3n) is 3.29. The van der Waals surface area contributed by atoms with E-state index in [0.717, 1.165) is 30.6 Å². The van der Waals surface area contributed by atoms with Gasteiger partial charge in [0.25, 0.3) is 5.56 Å². The van der Waals surface area contributed by atoms with Crippen LogP contribution >= 0.6 is 0 Å². The fraction of sp³-hybridized carbons (Fsp3) is 0.286. The average molecular weight is 226 g/mol. The van der Waals surface area contributed by atoms with Gasteiger partial charge >= 0.3 is 0 Å². The highest BCUT2D eigenvalue weighted by Gasteiger charge is 2.15. The molecule has 1 aliphatic carbocycles. The van der Waals surface area contributed by atoms with Crippen molar-refractivity contribution in [2.45, 2.75) is 25.2 Å². The van der Waals surface area contributed by atoms with Crippen LogP contribution in [0, 0.1) is 0 Å². The summed E-state index contributed by atoms with van der Waals surface area (Å²) in [5, 5.41) is 0.669. The highest BCUT2D eigenvalue weighted by molar-refractivity contribution is 5.77. The van der Waals surface area contributed by atoms with Crippen molar-refractivity contribution < 1.29 is 0 Å². The van der Waals surface area contributed by atoms with Crippen molar-refractivity contribution in [3.63, 3.8) is 0 Å². The Kier molecular flexibility index (Phi) is 2.52. The Morgan fingerprint density at radius 2 is 2.12 bits per heavy atom. The largest absolute Gasteiger partial charge is 0.310 e. The number of aromatic amines is 1. The summed E-state index contributed by atoms with van der Waals surface area (Å²) < 4.78 is 0. The molecule has 0 fully saturated rings. The molecule has 86 valence electrons. The fourth-order valence-electron chi connectivity index (χ4n) is 2.34. The molecule has 1 heterocycles. The van der Waals surface area contributed by atoms with E-state index in [1.165, 1.54) is 0 Å². The summed E-state index contributed by atoms with van der Waals surface area (Å²) in [5.74, 6) is 1.19. The van der Waals surface area contributed by atoms with E-state index in [1.807, 2.05) is 24.3 Å². The minimum absolute atomic E-state index is 0.0276. The Hall–Kier alpha value is -1.90. The van der Waals surface area contributed by atoms with Crippen LogP contribution in [0.5, 0.6) is 0 Å². The van der Waals surface area contributed by atoms with Crippen LogP contribution in [-0.2, 0) is 0 Å². The Labute approximate surface area is 99.2 Å². The van der Waals surface area contributed by atoms with Crippen LogP contribution < -0.4 is 5.56 Å². The van der Waals surface area contributed by atoms with E-state index in [9.17, 15) is 4.79 Å². The third kappa shape index (κ3) is 1.88. The number of aromatic nitrogens is 2. The monoisotopic (exact) mass is 226 g/mol. The van der Waals surface area contributed by atoms with Gasteiger partial charge in [0.05, 0.1) is 10.9 Å². The topological polar surface area (TPSA) is 45.8 Å². The maximum atomic E-state index is 11.9. The van der Waals surface area contributed by atoms with E-state index < -0.39 is 0 Å². The zero-order chi connectivity index (χ0) is 11.7. The van der Waals surface area contributed by atoms with Crippen molar-refractivity contribution in [3.05, 3.63) is 52.6 Å². The lowest BCUT2D eigenvalue weighted by Crippen LogP contribution is -2.15. The number of nitrogens with zero attached hydrogens (tertiary/aromatic N) is 1. The molecular weight excluding hydrogens is 212 g/mol. The van der Waals surface area contributed by atoms with Crippen LogP contribution in [0.25, 0.3) is 10.9 Å². The Bertz CT molecular complexity index is 627. The first-order chi connectivity index (χ1) is 8.34. The predicted octanol–water partition coefficient (Wildman–Crippen LogP) is 2.75. The second-order valence-corrected chi connectivity index (χ2v) is 4.45. The van der Waals surface area contributed by atoms with Gasteiger partial charge in [-0.1, -0.05) is 24.3 Å². The molecule has 1 aromatic heterocycles. The van der Waals surface area contributed by atoms with Gasteiger partial charge in [-0.15, -0.1) is 0 Å². The van der Waals surface area contributed by atoms with Gasteiger partial charge in [-0.05, 0) is 31.4 Å². The summed E-state index contributed by atoms with van der Waals surface area (Å²) in [6.45, 7) is 0. The summed E-state index contributed by atoms with van der Waals surface area (Å²) in [7, 11) is 0. The molecule has 0 saturated carbocycles. The molecule has 0 amide bonds. The normalized spacial score (nSPS) is 19.6. The minimum atomic E-state index is -0.0276. The van der Waals surface area contributed by atoms with E-state index in [1.54, 1.807) is 0 Å². The van der Waals surface area contributed by atoms with Gasteiger partial charge in [0, 0.05) is 5.92 Å². The summed E-state index contributed by atoms with van der Waals surface area (Å²) in [6.07, 6.45) is 7.47. The van der Waals surface area contributed by atoms with Crippen molar-refractivity contribution in [1.82, 2.24) is 9.97 Å². The Morgan fingerprint density at radius 1 is 1.24 bits per heavy atom. The van der Waals surface area contributed by atoms with Crippen LogP contribution in [-0.4, -0.2) is 9.97 Å². The molecule has 1 aromatic carbocycles. The summed E-state index contributed by atoms with van der Waals surface area (Å²) in [6, 6.07) is 7.49. The number of para-hydroxylation sites is 1. The van der Waals surface area contributed by atoms with Crippen LogP contribution in [0.15, 0.2) is 41.2 Å². The molecule has 0 bridgehead atoms. The standard InChI is InChI=1S/C14H14N2O/c17-14-11-8-4-5-9-12(11)15-13(16-14)10-6-2-1-3-7-10/h1-2,4-5,8-10H,3,6-7H2,(H,15,16,17). The third-order valence-corrected chi connectivity index (χ3v) is 3.29. The SMILES string of the molecule is O=c1[nH]c(C2CC=CCC2)nc2ccccc12. The van der Waals surface area contributed by atoms with Crippen molar-refractivity contribution in [2.24, 2.45) is 0 Å². The van der Waals surface area contributed by atoms with E-state index in [4.69, 9.17) is 0 Å². The molecule has 0 spiro atoms. The molecule has 3 nitrogen and oxygen atoms in total. The number of rotatable bonds is 1. The molecule has 1 aliphatic rings. The number of nitrogens with one attached hydrogen (secondary N) is 1. The van der Waals surface area contributed by atoms with Crippen LogP contribution in [0.1, 0.15) is 31.0 Å². The smallest absolute Gasteiger partial charge is 0.258 e. The lowest BCUT2D eigenvalue weighted by Gasteiger charge is -2.16. The van der Waals surface area contributed by atoms with Gasteiger partial charge < -0.3 is 4.98 Å². The fourth-order valence-corrected chi connectivity index (χ4v) is 2.34. The summed E-state index contributed by atoms with van der Waals surface area (Å²) in [4.78, 5) is 19.4. The molecule has 17 heavy (non-hydrogen) atoms. The molecule has 3 rings (SSSR count). The Balaban J connectivity index is 2.12. The van der Waals surface area contributed by atoms with Gasteiger partial charge in [0.2, 0.25) is 0 Å². The predicted molar refractivity (Wildman–Crippen MR) is 68.1 cm³/mol. The van der Waals surface area contributed by atoms with Gasteiger partial charge in [-0.2, -0.15) is 0 Å². The number of benzene rings is 1. The lowest BCUT2D eigenvalue weighted by atomic mass is 9.93. The second kappa shape index (κ2) is 4.17. The lowest BCUT2D eigenvalue weighted by molar-refractivity contribution is 0.583. The van der Waals surface area contributed by atoms with Gasteiger partial charge in [0.1, 0.15) is 5.82 Å². The van der Waals surface area contributed by atoms with Crippen molar-refractivity contribution >= 4 is 10.9 Å². The first-order valence-corrected chi connectivity index (χ1v) is 5.98. The van der Waals surface area contributed by atoms with Gasteiger partial charge in [-0.25, -0.2) is 4.98 Å². The summed E-state index contributed by atoms with van der Waals surface area (Å²) >= 11 is 0. The first-order valence-electron chi connectivity index (χ1n) is 5.98. The molecule has 0 radical (unpaired) electrons. The molecule has 0 aliphatic heterocycles. The molecule has 1 unspecified atom stereocenters. The quantitative estimate of drug-likeness (QED) is 0.760. The summed E-state index contributed by atoms with van der Waals surface area (Å²) in [5.41, 5.74) is 0.765. The molecule has 0 saturated heterocycles. The zero-order valence-electron chi connectivity index (χ0n) is 9.52. The Morgan fingerprint density at radius 3 is 2.94 bits per heavy atom. The maximum absolute atomic E-state index is 11.9. The maximum Gasteiger partial charge on any atom is 0.258 e. The number of allylic oxidation sites excluding steroid dienone is 2. The van der Waals surface area contributed by atoms with Crippen molar-refractivity contribution in [3.8, 4) is 0 Å². The number of hydrogen-bond donors (Lipinski definition) is 1. The zero-order valence-corrected chi connectivity index (χ0v) is 9.52. The molecular formula is C14H14N2O. The highest BCUT2D eigenvalue weighted by Crippen LogP contribution is 2.26. The average Bonchev–Trinajstić information content (AvgIpc) is 2.40. The molecule has 1 N–H and O–H groups in total. The molecule has 2 aromatic rings. The van der Waals surface area contributed by atoms with E-state index in [0.29, 0.717) is 11.3 Å². The van der Waals surface area contributed by atoms with Crippen LogP contribution in [0.2, 0.25) is 0 Å². The van der Waals surface area contributed by atoms with E-state index in [-0.39, 0.29) is 5.56 Å². The van der Waals surface area contributed by atoms with Crippen LogP contribution in [0.3, 0.4) is 0 Å².